The lowest BCUT2D eigenvalue weighted by molar-refractivity contribution is -0.118. The second-order valence-electron chi connectivity index (χ2n) is 7.19. The molecule has 0 bridgehead atoms. The highest BCUT2D eigenvalue weighted by Gasteiger charge is 2.23. The van der Waals surface area contributed by atoms with Crippen LogP contribution < -0.4 is 15.6 Å². The molecule has 1 aromatic carbocycles. The van der Waals surface area contributed by atoms with Crippen molar-refractivity contribution in [3.63, 3.8) is 0 Å². The number of carbonyl (C=O) groups is 1. The number of rotatable bonds is 9. The standard InChI is InChI=1S/C22H25N3O3S2/c1-2-12-25-21(27)19-16-9-6-10-17(16)30-20(19)24-22(25)29-14-18(26)23-11-13-28-15-7-4-3-5-8-15/h3-5,7-8H,2,6,9-14H2,1H3,(H,23,26). The first-order valence-electron chi connectivity index (χ1n) is 10.3. The van der Waals surface area contributed by atoms with Crippen LogP contribution in [0.25, 0.3) is 10.2 Å². The summed E-state index contributed by atoms with van der Waals surface area (Å²) in [5.74, 6) is 0.908. The van der Waals surface area contributed by atoms with Crippen LogP contribution in [0.3, 0.4) is 0 Å². The molecule has 1 amide bonds. The zero-order chi connectivity index (χ0) is 20.9. The number of hydrogen-bond donors (Lipinski definition) is 1. The van der Waals surface area contributed by atoms with Crippen LogP contribution in [0, 0.1) is 0 Å². The molecule has 1 N–H and O–H groups in total. The fourth-order valence-corrected chi connectivity index (χ4v) is 5.80. The number of carbonyl (C=O) groups excluding carboxylic acids is 1. The van der Waals surface area contributed by atoms with Gasteiger partial charge in [-0.25, -0.2) is 4.98 Å². The van der Waals surface area contributed by atoms with Crippen LogP contribution in [0.5, 0.6) is 5.75 Å². The molecule has 158 valence electrons. The van der Waals surface area contributed by atoms with E-state index in [9.17, 15) is 9.59 Å². The Morgan fingerprint density at radius 1 is 1.30 bits per heavy atom. The summed E-state index contributed by atoms with van der Waals surface area (Å²) in [6, 6.07) is 9.51. The first-order chi connectivity index (χ1) is 14.7. The zero-order valence-electron chi connectivity index (χ0n) is 17.0. The SMILES string of the molecule is CCCn1c(SCC(=O)NCCOc2ccccc2)nc2sc3c(c2c1=O)CCC3. The highest BCUT2D eigenvalue weighted by Crippen LogP contribution is 2.35. The second-order valence-corrected chi connectivity index (χ2v) is 9.21. The van der Waals surface area contributed by atoms with Crippen molar-refractivity contribution in [2.24, 2.45) is 0 Å². The Morgan fingerprint density at radius 3 is 2.93 bits per heavy atom. The van der Waals surface area contributed by atoms with Gasteiger partial charge in [0.05, 0.1) is 17.7 Å². The number of amides is 1. The normalized spacial score (nSPS) is 12.8. The summed E-state index contributed by atoms with van der Waals surface area (Å²) in [4.78, 5) is 32.3. The Morgan fingerprint density at radius 2 is 2.13 bits per heavy atom. The van der Waals surface area contributed by atoms with Crippen LogP contribution in [0.2, 0.25) is 0 Å². The summed E-state index contributed by atoms with van der Waals surface area (Å²) in [5.41, 5.74) is 1.24. The molecule has 0 radical (unpaired) electrons. The van der Waals surface area contributed by atoms with Gasteiger partial charge in [0, 0.05) is 11.4 Å². The number of fused-ring (bicyclic) bond motifs is 3. The lowest BCUT2D eigenvalue weighted by Gasteiger charge is -2.12. The Labute approximate surface area is 183 Å². The van der Waals surface area contributed by atoms with Crippen LogP contribution in [-0.4, -0.2) is 34.4 Å². The molecule has 0 saturated carbocycles. The fraction of sp³-hybridized carbons (Fsp3) is 0.409. The fourth-order valence-electron chi connectivity index (χ4n) is 3.65. The van der Waals surface area contributed by atoms with Gasteiger partial charge in [-0.05, 0) is 43.4 Å². The van der Waals surface area contributed by atoms with E-state index in [1.54, 1.807) is 15.9 Å². The van der Waals surface area contributed by atoms with Crippen molar-refractivity contribution in [3.8, 4) is 5.75 Å². The van der Waals surface area contributed by atoms with Crippen molar-refractivity contribution in [3.05, 3.63) is 51.1 Å². The summed E-state index contributed by atoms with van der Waals surface area (Å²) >= 11 is 2.96. The quantitative estimate of drug-likeness (QED) is 0.311. The van der Waals surface area contributed by atoms with Crippen LogP contribution in [0.4, 0.5) is 0 Å². The summed E-state index contributed by atoms with van der Waals surface area (Å²) in [5, 5.41) is 4.29. The van der Waals surface area contributed by atoms with Gasteiger partial charge in [-0.2, -0.15) is 0 Å². The highest BCUT2D eigenvalue weighted by molar-refractivity contribution is 7.99. The summed E-state index contributed by atoms with van der Waals surface area (Å²) in [6.07, 6.45) is 3.98. The predicted molar refractivity (Wildman–Crippen MR) is 122 cm³/mol. The number of benzene rings is 1. The third-order valence-electron chi connectivity index (χ3n) is 5.01. The minimum absolute atomic E-state index is 0.0421. The number of thioether (sulfide) groups is 1. The Bertz CT molecular complexity index is 1090. The van der Waals surface area contributed by atoms with Crippen LogP contribution in [0.15, 0.2) is 40.3 Å². The Balaban J connectivity index is 1.38. The van der Waals surface area contributed by atoms with Crippen molar-refractivity contribution in [1.29, 1.82) is 0 Å². The highest BCUT2D eigenvalue weighted by atomic mass is 32.2. The van der Waals surface area contributed by atoms with Crippen molar-refractivity contribution in [1.82, 2.24) is 14.9 Å². The van der Waals surface area contributed by atoms with Crippen LogP contribution in [-0.2, 0) is 24.2 Å². The van der Waals surface area contributed by atoms with E-state index in [4.69, 9.17) is 9.72 Å². The van der Waals surface area contributed by atoms with E-state index in [-0.39, 0.29) is 17.2 Å². The van der Waals surface area contributed by atoms with E-state index < -0.39 is 0 Å². The summed E-state index contributed by atoms with van der Waals surface area (Å²) < 4.78 is 7.33. The molecule has 0 unspecified atom stereocenters. The van der Waals surface area contributed by atoms with Crippen LogP contribution in [0.1, 0.15) is 30.2 Å². The molecule has 0 aliphatic heterocycles. The Hall–Kier alpha value is -2.32. The maximum absolute atomic E-state index is 13.1. The molecule has 4 rings (SSSR count). The maximum atomic E-state index is 13.1. The van der Waals surface area contributed by atoms with Gasteiger partial charge in [0.15, 0.2) is 5.16 Å². The smallest absolute Gasteiger partial charge is 0.263 e. The average Bonchev–Trinajstić information content (AvgIpc) is 3.34. The third kappa shape index (κ3) is 4.54. The number of nitrogens with one attached hydrogen (secondary N) is 1. The van der Waals surface area contributed by atoms with Gasteiger partial charge in [0.1, 0.15) is 17.2 Å². The van der Waals surface area contributed by atoms with Gasteiger partial charge in [0.25, 0.3) is 5.56 Å². The number of ether oxygens (including phenoxy) is 1. The molecule has 1 aliphatic rings. The zero-order valence-corrected chi connectivity index (χ0v) is 18.6. The number of nitrogens with zero attached hydrogens (tertiary/aromatic N) is 2. The van der Waals surface area contributed by atoms with Crippen molar-refractivity contribution >= 4 is 39.2 Å². The van der Waals surface area contributed by atoms with Gasteiger partial charge in [-0.1, -0.05) is 36.9 Å². The second kappa shape index (κ2) is 9.66. The molecule has 3 aromatic rings. The molecule has 0 fully saturated rings. The molecule has 0 saturated heterocycles. The number of hydrogen-bond acceptors (Lipinski definition) is 6. The molecule has 30 heavy (non-hydrogen) atoms. The molecule has 1 aliphatic carbocycles. The number of aromatic nitrogens is 2. The number of aryl methyl sites for hydroxylation is 2. The number of para-hydroxylation sites is 1. The van der Waals surface area contributed by atoms with E-state index in [0.717, 1.165) is 41.6 Å². The predicted octanol–water partition coefficient (Wildman–Crippen LogP) is 3.64. The van der Waals surface area contributed by atoms with E-state index in [1.165, 1.54) is 22.2 Å². The monoisotopic (exact) mass is 443 g/mol. The third-order valence-corrected chi connectivity index (χ3v) is 7.17. The molecule has 2 heterocycles. The van der Waals surface area contributed by atoms with Gasteiger partial charge in [0.2, 0.25) is 5.91 Å². The van der Waals surface area contributed by atoms with Crippen molar-refractivity contribution < 1.29 is 9.53 Å². The van der Waals surface area contributed by atoms with Gasteiger partial charge in [-0.15, -0.1) is 11.3 Å². The summed E-state index contributed by atoms with van der Waals surface area (Å²) in [6.45, 7) is 3.50. The minimum Gasteiger partial charge on any atom is -0.492 e. The number of thiophene rings is 1. The van der Waals surface area contributed by atoms with Gasteiger partial charge in [-0.3, -0.25) is 14.2 Å². The van der Waals surface area contributed by atoms with E-state index in [0.29, 0.717) is 24.9 Å². The maximum Gasteiger partial charge on any atom is 0.263 e. The molecular weight excluding hydrogens is 418 g/mol. The molecule has 6 nitrogen and oxygen atoms in total. The van der Waals surface area contributed by atoms with E-state index >= 15 is 0 Å². The minimum atomic E-state index is -0.0947. The Kier molecular flexibility index (Phi) is 6.74. The molecule has 0 atom stereocenters. The lowest BCUT2D eigenvalue weighted by Crippen LogP contribution is -2.30. The van der Waals surface area contributed by atoms with Crippen molar-refractivity contribution in [2.75, 3.05) is 18.9 Å². The molecule has 0 spiro atoms. The largest absolute Gasteiger partial charge is 0.492 e. The van der Waals surface area contributed by atoms with Crippen molar-refractivity contribution in [2.45, 2.75) is 44.3 Å². The molecular formula is C22H25N3O3S2. The van der Waals surface area contributed by atoms with E-state index in [2.05, 4.69) is 5.32 Å². The molecule has 8 heteroatoms. The first kappa shape index (κ1) is 20.9. The van der Waals surface area contributed by atoms with Gasteiger partial charge >= 0.3 is 0 Å². The topological polar surface area (TPSA) is 73.2 Å². The first-order valence-corrected chi connectivity index (χ1v) is 12.1. The van der Waals surface area contributed by atoms with Crippen LogP contribution >= 0.6 is 23.1 Å². The summed E-state index contributed by atoms with van der Waals surface area (Å²) in [7, 11) is 0. The van der Waals surface area contributed by atoms with E-state index in [1.807, 2.05) is 37.3 Å². The van der Waals surface area contributed by atoms with Gasteiger partial charge < -0.3 is 10.1 Å². The average molecular weight is 444 g/mol. The lowest BCUT2D eigenvalue weighted by atomic mass is 10.2. The molecule has 2 aromatic heterocycles.